The molecule has 1 aromatic rings. The van der Waals surface area contributed by atoms with Crippen molar-refractivity contribution in [2.24, 2.45) is 0 Å². The molecular formula is C7H10N2OS. The van der Waals surface area contributed by atoms with E-state index in [1.165, 1.54) is 11.3 Å². The monoisotopic (exact) mass is 170 g/mol. The summed E-state index contributed by atoms with van der Waals surface area (Å²) >= 11 is 1.39. The van der Waals surface area contributed by atoms with Crippen LogP contribution in [0.15, 0.2) is 6.20 Å². The van der Waals surface area contributed by atoms with Crippen molar-refractivity contribution in [3.63, 3.8) is 0 Å². The summed E-state index contributed by atoms with van der Waals surface area (Å²) in [4.78, 5) is 15.5. The van der Waals surface area contributed by atoms with Crippen LogP contribution in [0.2, 0.25) is 0 Å². The Morgan fingerprint density at radius 1 is 1.82 bits per heavy atom. The minimum atomic E-state index is 0.0756. The molecule has 0 amide bonds. The molecule has 0 radical (unpaired) electrons. The second kappa shape index (κ2) is 3.48. The first-order valence-corrected chi connectivity index (χ1v) is 4.26. The van der Waals surface area contributed by atoms with Gasteiger partial charge in [-0.15, -0.1) is 0 Å². The average molecular weight is 170 g/mol. The van der Waals surface area contributed by atoms with Crippen LogP contribution >= 0.6 is 11.3 Å². The zero-order chi connectivity index (χ0) is 8.27. The fourth-order valence-electron chi connectivity index (χ4n) is 0.670. The lowest BCUT2D eigenvalue weighted by Gasteiger charge is -1.92. The molecule has 0 saturated carbocycles. The quantitative estimate of drug-likeness (QED) is 0.703. The van der Waals surface area contributed by atoms with Crippen molar-refractivity contribution in [2.45, 2.75) is 13.8 Å². The Balaban J connectivity index is 2.73. The fraction of sp³-hybridized carbons (Fsp3) is 0.429. The third-order valence-electron chi connectivity index (χ3n) is 1.18. The van der Waals surface area contributed by atoms with Gasteiger partial charge in [0, 0.05) is 13.5 Å². The third kappa shape index (κ3) is 2.01. The molecule has 0 aromatic carbocycles. The molecule has 0 aliphatic carbocycles. The number of ketones is 1. The number of hydrogen-bond acceptors (Lipinski definition) is 4. The maximum atomic E-state index is 10.8. The van der Waals surface area contributed by atoms with Gasteiger partial charge in [-0.3, -0.25) is 4.79 Å². The number of nitrogens with one attached hydrogen (secondary N) is 1. The van der Waals surface area contributed by atoms with Gasteiger partial charge in [-0.2, -0.15) is 0 Å². The summed E-state index contributed by atoms with van der Waals surface area (Å²) in [5, 5.41) is 3.86. The van der Waals surface area contributed by atoms with Crippen molar-refractivity contribution in [3.8, 4) is 0 Å². The van der Waals surface area contributed by atoms with E-state index in [0.29, 0.717) is 4.88 Å². The van der Waals surface area contributed by atoms with Crippen LogP contribution in [0, 0.1) is 0 Å². The standard InChI is InChI=1S/C7H10N2OS/c1-3-8-7-9-4-6(11-7)5(2)10/h4H,3H2,1-2H3,(H,8,9). The Hall–Kier alpha value is -0.900. The highest BCUT2D eigenvalue weighted by Gasteiger charge is 2.03. The maximum absolute atomic E-state index is 10.8. The van der Waals surface area contributed by atoms with Gasteiger partial charge in [0.2, 0.25) is 0 Å². The second-order valence-corrected chi connectivity index (χ2v) is 3.15. The van der Waals surface area contributed by atoms with Crippen LogP contribution in [0.3, 0.4) is 0 Å². The first-order valence-electron chi connectivity index (χ1n) is 3.44. The second-order valence-electron chi connectivity index (χ2n) is 2.12. The molecule has 3 nitrogen and oxygen atoms in total. The number of carbonyl (C=O) groups excluding carboxylic acids is 1. The molecule has 0 aliphatic rings. The van der Waals surface area contributed by atoms with E-state index in [1.807, 2.05) is 6.92 Å². The summed E-state index contributed by atoms with van der Waals surface area (Å²) in [6.07, 6.45) is 1.60. The Labute approximate surface area is 69.5 Å². The molecule has 1 N–H and O–H groups in total. The fourth-order valence-corrected chi connectivity index (χ4v) is 1.45. The zero-order valence-electron chi connectivity index (χ0n) is 6.55. The molecule has 0 bridgehead atoms. The van der Waals surface area contributed by atoms with Gasteiger partial charge in [0.05, 0.1) is 11.1 Å². The highest BCUT2D eigenvalue weighted by Crippen LogP contribution is 2.17. The lowest BCUT2D eigenvalue weighted by atomic mass is 10.4. The van der Waals surface area contributed by atoms with Crippen molar-refractivity contribution in [1.29, 1.82) is 0 Å². The van der Waals surface area contributed by atoms with Crippen LogP contribution in [-0.2, 0) is 0 Å². The van der Waals surface area contributed by atoms with E-state index in [9.17, 15) is 4.79 Å². The molecule has 0 spiro atoms. The predicted octanol–water partition coefficient (Wildman–Crippen LogP) is 1.78. The molecule has 1 aromatic heterocycles. The Morgan fingerprint density at radius 2 is 2.55 bits per heavy atom. The predicted molar refractivity (Wildman–Crippen MR) is 46.3 cm³/mol. The van der Waals surface area contributed by atoms with Crippen molar-refractivity contribution in [1.82, 2.24) is 4.98 Å². The third-order valence-corrected chi connectivity index (χ3v) is 2.24. The number of aromatic nitrogens is 1. The molecule has 1 heterocycles. The zero-order valence-corrected chi connectivity index (χ0v) is 7.36. The lowest BCUT2D eigenvalue weighted by molar-refractivity contribution is 0.102. The van der Waals surface area contributed by atoms with Gasteiger partial charge in [0.1, 0.15) is 0 Å². The number of hydrogen-bond donors (Lipinski definition) is 1. The summed E-state index contributed by atoms with van der Waals surface area (Å²) in [7, 11) is 0. The average Bonchev–Trinajstić information content (AvgIpc) is 2.37. The lowest BCUT2D eigenvalue weighted by Crippen LogP contribution is -1.94. The molecule has 0 fully saturated rings. The molecule has 0 atom stereocenters. The van der Waals surface area contributed by atoms with Crippen molar-refractivity contribution < 1.29 is 4.79 Å². The largest absolute Gasteiger partial charge is 0.362 e. The summed E-state index contributed by atoms with van der Waals surface area (Å²) in [5.41, 5.74) is 0. The van der Waals surface area contributed by atoms with Crippen LogP contribution in [0.4, 0.5) is 5.13 Å². The van der Waals surface area contributed by atoms with Gasteiger partial charge in [-0.25, -0.2) is 4.98 Å². The highest BCUT2D eigenvalue weighted by atomic mass is 32.1. The smallest absolute Gasteiger partial charge is 0.183 e. The van der Waals surface area contributed by atoms with Gasteiger partial charge in [0.15, 0.2) is 10.9 Å². The van der Waals surface area contributed by atoms with E-state index in [4.69, 9.17) is 0 Å². The van der Waals surface area contributed by atoms with Gasteiger partial charge < -0.3 is 5.32 Å². The van der Waals surface area contributed by atoms with Crippen LogP contribution in [0.25, 0.3) is 0 Å². The van der Waals surface area contributed by atoms with Gasteiger partial charge >= 0.3 is 0 Å². The minimum Gasteiger partial charge on any atom is -0.362 e. The van der Waals surface area contributed by atoms with Crippen molar-refractivity contribution >= 4 is 22.3 Å². The van der Waals surface area contributed by atoms with Gasteiger partial charge in [-0.05, 0) is 6.92 Å². The van der Waals surface area contributed by atoms with E-state index in [0.717, 1.165) is 11.7 Å². The number of anilines is 1. The van der Waals surface area contributed by atoms with Crippen LogP contribution in [0.5, 0.6) is 0 Å². The van der Waals surface area contributed by atoms with E-state index in [1.54, 1.807) is 13.1 Å². The Kier molecular flexibility index (Phi) is 2.59. The van der Waals surface area contributed by atoms with E-state index >= 15 is 0 Å². The highest BCUT2D eigenvalue weighted by molar-refractivity contribution is 7.17. The van der Waals surface area contributed by atoms with E-state index < -0.39 is 0 Å². The Morgan fingerprint density at radius 3 is 3.00 bits per heavy atom. The van der Waals surface area contributed by atoms with Crippen LogP contribution < -0.4 is 5.32 Å². The van der Waals surface area contributed by atoms with Gasteiger partial charge in [-0.1, -0.05) is 11.3 Å². The number of Topliss-reactive ketones (excluding diaryl/α,β-unsaturated/α-hetero) is 1. The molecule has 4 heteroatoms. The van der Waals surface area contributed by atoms with E-state index in [2.05, 4.69) is 10.3 Å². The number of thiazole rings is 1. The first kappa shape index (κ1) is 8.20. The Bertz CT molecular complexity index is 257. The van der Waals surface area contributed by atoms with Crippen LogP contribution in [0.1, 0.15) is 23.5 Å². The normalized spacial score (nSPS) is 9.64. The van der Waals surface area contributed by atoms with Crippen LogP contribution in [-0.4, -0.2) is 17.3 Å². The minimum absolute atomic E-state index is 0.0756. The number of rotatable bonds is 3. The molecule has 11 heavy (non-hydrogen) atoms. The molecule has 60 valence electrons. The van der Waals surface area contributed by atoms with Gasteiger partial charge in [0.25, 0.3) is 0 Å². The van der Waals surface area contributed by atoms with Crippen molar-refractivity contribution in [3.05, 3.63) is 11.1 Å². The molecule has 0 unspecified atom stereocenters. The number of nitrogens with zero attached hydrogens (tertiary/aromatic N) is 1. The summed E-state index contributed by atoms with van der Waals surface area (Å²) < 4.78 is 0. The first-order chi connectivity index (χ1) is 5.24. The maximum Gasteiger partial charge on any atom is 0.183 e. The van der Waals surface area contributed by atoms with E-state index in [-0.39, 0.29) is 5.78 Å². The molecule has 1 rings (SSSR count). The summed E-state index contributed by atoms with van der Waals surface area (Å²) in [6.45, 7) is 4.38. The molecular weight excluding hydrogens is 160 g/mol. The van der Waals surface area contributed by atoms with Crippen molar-refractivity contribution in [2.75, 3.05) is 11.9 Å². The summed E-state index contributed by atoms with van der Waals surface area (Å²) in [5.74, 6) is 0.0756. The SMILES string of the molecule is CCNc1ncc(C(C)=O)s1. The molecule has 0 aliphatic heterocycles. The topological polar surface area (TPSA) is 42.0 Å². The molecule has 0 saturated heterocycles. The number of carbonyl (C=O) groups is 1. The summed E-state index contributed by atoms with van der Waals surface area (Å²) in [6, 6.07) is 0.